The number of quaternary nitrogens is 1. The molecule has 0 aromatic heterocycles. The van der Waals surface area contributed by atoms with E-state index in [0.29, 0.717) is 11.5 Å². The monoisotopic (exact) mass is 308 g/mol. The van der Waals surface area contributed by atoms with Crippen LogP contribution in [0.4, 0.5) is 0 Å². The lowest BCUT2D eigenvalue weighted by atomic mass is 9.67. The minimum absolute atomic E-state index is 0.0813. The van der Waals surface area contributed by atoms with Gasteiger partial charge in [0.2, 0.25) is 0 Å². The van der Waals surface area contributed by atoms with Crippen molar-refractivity contribution in [3.8, 4) is 0 Å². The van der Waals surface area contributed by atoms with Crippen LogP contribution in [0.15, 0.2) is 0 Å². The van der Waals surface area contributed by atoms with E-state index in [1.165, 1.54) is 51.6 Å². The summed E-state index contributed by atoms with van der Waals surface area (Å²) in [6.07, 6.45) is 10.2. The van der Waals surface area contributed by atoms with E-state index >= 15 is 0 Å². The van der Waals surface area contributed by atoms with Crippen molar-refractivity contribution in [2.75, 3.05) is 26.2 Å². The van der Waals surface area contributed by atoms with E-state index in [1.807, 2.05) is 0 Å². The van der Waals surface area contributed by atoms with Gasteiger partial charge in [-0.25, -0.2) is 0 Å². The second-order valence-corrected chi connectivity index (χ2v) is 8.97. The topological polar surface area (TPSA) is 22.9 Å². The highest BCUT2D eigenvalue weighted by Gasteiger charge is 2.53. The van der Waals surface area contributed by atoms with Gasteiger partial charge >= 0.3 is 0 Å². The first-order chi connectivity index (χ1) is 10.6. The SMILES string of the molecule is CC1(C)[C@H]2CC[C@H](C2)[C@H]1C[C@H]1OC[C@@H](C[NH+]2CCCCC2)O1. The predicted octanol–water partition coefficient (Wildman–Crippen LogP) is 2.26. The van der Waals surface area contributed by atoms with Gasteiger partial charge in [0.05, 0.1) is 19.7 Å². The first-order valence-electron chi connectivity index (χ1n) is 9.73. The van der Waals surface area contributed by atoms with Crippen molar-refractivity contribution in [2.24, 2.45) is 23.2 Å². The van der Waals surface area contributed by atoms with Crippen LogP contribution >= 0.6 is 0 Å². The minimum Gasteiger partial charge on any atom is -0.350 e. The summed E-state index contributed by atoms with van der Waals surface area (Å²) >= 11 is 0. The predicted molar refractivity (Wildman–Crippen MR) is 86.7 cm³/mol. The van der Waals surface area contributed by atoms with Gasteiger partial charge in [0, 0.05) is 6.42 Å². The van der Waals surface area contributed by atoms with Crippen LogP contribution in [0.5, 0.6) is 0 Å². The van der Waals surface area contributed by atoms with Crippen molar-refractivity contribution in [1.29, 1.82) is 0 Å². The molecule has 4 fully saturated rings. The first kappa shape index (κ1) is 15.4. The molecule has 3 nitrogen and oxygen atoms in total. The molecule has 0 aromatic rings. The molecular weight excluding hydrogens is 274 g/mol. The van der Waals surface area contributed by atoms with Crippen molar-refractivity contribution in [3.05, 3.63) is 0 Å². The number of piperidine rings is 1. The van der Waals surface area contributed by atoms with Gasteiger partial charge in [0.15, 0.2) is 6.29 Å². The molecule has 0 amide bonds. The van der Waals surface area contributed by atoms with Gasteiger partial charge in [0.25, 0.3) is 0 Å². The Balaban J connectivity index is 1.28. The third kappa shape index (κ3) is 2.85. The summed E-state index contributed by atoms with van der Waals surface area (Å²) in [7, 11) is 0. The molecule has 4 rings (SSSR count). The van der Waals surface area contributed by atoms with Crippen LogP contribution in [0, 0.1) is 23.2 Å². The van der Waals surface area contributed by atoms with Crippen LogP contribution in [0.2, 0.25) is 0 Å². The molecule has 2 aliphatic carbocycles. The average molecular weight is 308 g/mol. The first-order valence-corrected chi connectivity index (χ1v) is 9.73. The van der Waals surface area contributed by atoms with Crippen molar-refractivity contribution < 1.29 is 14.4 Å². The lowest BCUT2D eigenvalue weighted by molar-refractivity contribution is -0.907. The van der Waals surface area contributed by atoms with E-state index in [0.717, 1.165) is 37.3 Å². The van der Waals surface area contributed by atoms with E-state index in [9.17, 15) is 0 Å². The van der Waals surface area contributed by atoms with Crippen LogP contribution in [0.25, 0.3) is 0 Å². The highest BCUT2D eigenvalue weighted by Crippen LogP contribution is 2.60. The summed E-state index contributed by atoms with van der Waals surface area (Å²) < 4.78 is 12.3. The van der Waals surface area contributed by atoms with Crippen molar-refractivity contribution in [3.63, 3.8) is 0 Å². The van der Waals surface area contributed by atoms with Crippen LogP contribution in [0.1, 0.15) is 58.8 Å². The van der Waals surface area contributed by atoms with Gasteiger partial charge in [-0.3, -0.25) is 0 Å². The third-order valence-electron chi connectivity index (χ3n) is 7.39. The van der Waals surface area contributed by atoms with Crippen molar-refractivity contribution >= 4 is 0 Å². The molecule has 2 saturated heterocycles. The molecule has 2 bridgehead atoms. The molecule has 3 heteroatoms. The summed E-state index contributed by atoms with van der Waals surface area (Å²) in [5.74, 6) is 2.72. The highest BCUT2D eigenvalue weighted by atomic mass is 16.7. The average Bonchev–Trinajstić information content (AvgIpc) is 3.19. The number of rotatable bonds is 4. The Bertz CT molecular complexity index is 391. The molecule has 0 aromatic carbocycles. The van der Waals surface area contributed by atoms with Crippen LogP contribution < -0.4 is 4.90 Å². The van der Waals surface area contributed by atoms with Crippen molar-refractivity contribution in [2.45, 2.75) is 71.2 Å². The molecule has 0 radical (unpaired) electrons. The van der Waals surface area contributed by atoms with Crippen LogP contribution in [0.3, 0.4) is 0 Å². The molecular formula is C19H34NO2+. The zero-order valence-corrected chi connectivity index (χ0v) is 14.5. The Morgan fingerprint density at radius 3 is 2.64 bits per heavy atom. The largest absolute Gasteiger partial charge is 0.350 e. The standard InChI is InChI=1S/C19H33NO2/c1-19(2)15-7-6-14(10-15)17(19)11-18-21-13-16(22-18)12-20-8-4-3-5-9-20/h14-18H,3-13H2,1-2H3/p+1/t14-,15+,16-,17-,18+/m1/s1. The second kappa shape index (κ2) is 6.07. The van der Waals surface area contributed by atoms with Crippen molar-refractivity contribution in [1.82, 2.24) is 0 Å². The Morgan fingerprint density at radius 1 is 1.09 bits per heavy atom. The lowest BCUT2D eigenvalue weighted by Crippen LogP contribution is -3.13. The number of ether oxygens (including phenoxy) is 2. The van der Waals surface area contributed by atoms with Gasteiger partial charge in [-0.2, -0.15) is 0 Å². The lowest BCUT2D eigenvalue weighted by Gasteiger charge is -2.39. The fourth-order valence-electron chi connectivity index (χ4n) is 5.99. The summed E-state index contributed by atoms with van der Waals surface area (Å²) in [4.78, 5) is 1.74. The Labute approximate surface area is 135 Å². The molecule has 5 atom stereocenters. The molecule has 0 unspecified atom stereocenters. The Kier molecular flexibility index (Phi) is 4.25. The molecule has 4 aliphatic rings. The zero-order chi connectivity index (χ0) is 15.2. The van der Waals surface area contributed by atoms with Crippen LogP contribution in [-0.2, 0) is 9.47 Å². The molecule has 2 saturated carbocycles. The summed E-state index contributed by atoms with van der Waals surface area (Å²) in [5, 5.41) is 0. The van der Waals surface area contributed by atoms with Gasteiger partial charge in [-0.1, -0.05) is 13.8 Å². The van der Waals surface area contributed by atoms with Crippen LogP contribution in [-0.4, -0.2) is 38.6 Å². The number of nitrogens with one attached hydrogen (secondary N) is 1. The van der Waals surface area contributed by atoms with Gasteiger partial charge in [-0.15, -0.1) is 0 Å². The Morgan fingerprint density at radius 2 is 1.91 bits per heavy atom. The second-order valence-electron chi connectivity index (χ2n) is 8.97. The summed E-state index contributed by atoms with van der Waals surface area (Å²) in [5.41, 5.74) is 0.506. The highest BCUT2D eigenvalue weighted by molar-refractivity contribution is 5.01. The fourth-order valence-corrected chi connectivity index (χ4v) is 5.99. The van der Waals surface area contributed by atoms with E-state index in [-0.39, 0.29) is 6.29 Å². The van der Waals surface area contributed by atoms with E-state index in [1.54, 1.807) is 4.90 Å². The molecule has 22 heavy (non-hydrogen) atoms. The summed E-state index contributed by atoms with van der Waals surface area (Å²) in [6.45, 7) is 9.65. The smallest absolute Gasteiger partial charge is 0.158 e. The number of likely N-dealkylation sites (tertiary alicyclic amines) is 1. The number of hydrogen-bond acceptors (Lipinski definition) is 2. The maximum absolute atomic E-state index is 6.28. The van der Waals surface area contributed by atoms with E-state index < -0.39 is 0 Å². The number of fused-ring (bicyclic) bond motifs is 2. The molecule has 2 aliphatic heterocycles. The number of hydrogen-bond donors (Lipinski definition) is 1. The fraction of sp³-hybridized carbons (Fsp3) is 1.00. The van der Waals surface area contributed by atoms with E-state index in [4.69, 9.17) is 9.47 Å². The normalized spacial score (nSPS) is 44.7. The van der Waals surface area contributed by atoms with Gasteiger partial charge < -0.3 is 14.4 Å². The Hall–Kier alpha value is -0.120. The molecule has 1 N–H and O–H groups in total. The minimum atomic E-state index is 0.0813. The zero-order valence-electron chi connectivity index (χ0n) is 14.5. The molecule has 0 spiro atoms. The molecule has 2 heterocycles. The van der Waals surface area contributed by atoms with Gasteiger partial charge in [-0.05, 0) is 61.7 Å². The quantitative estimate of drug-likeness (QED) is 0.861. The maximum Gasteiger partial charge on any atom is 0.158 e. The maximum atomic E-state index is 6.28. The molecule has 126 valence electrons. The summed E-state index contributed by atoms with van der Waals surface area (Å²) in [6, 6.07) is 0. The third-order valence-corrected chi connectivity index (χ3v) is 7.39. The van der Waals surface area contributed by atoms with E-state index in [2.05, 4.69) is 13.8 Å². The van der Waals surface area contributed by atoms with Gasteiger partial charge in [0.1, 0.15) is 12.6 Å².